The lowest BCUT2D eigenvalue weighted by Gasteiger charge is -2.40. The van der Waals surface area contributed by atoms with Crippen molar-refractivity contribution in [2.45, 2.75) is 32.4 Å². The van der Waals surface area contributed by atoms with Crippen molar-refractivity contribution in [3.63, 3.8) is 0 Å². The van der Waals surface area contributed by atoms with Gasteiger partial charge in [0.25, 0.3) is 0 Å². The van der Waals surface area contributed by atoms with E-state index in [4.69, 9.17) is 4.74 Å². The average Bonchev–Trinajstić information content (AvgIpc) is 2.41. The summed E-state index contributed by atoms with van der Waals surface area (Å²) < 4.78 is 18.5. The van der Waals surface area contributed by atoms with E-state index in [1.165, 1.54) is 23.1 Å². The van der Waals surface area contributed by atoms with Crippen molar-refractivity contribution < 1.29 is 23.8 Å². The Kier molecular flexibility index (Phi) is 4.57. The molecule has 1 aromatic carbocycles. The summed E-state index contributed by atoms with van der Waals surface area (Å²) >= 11 is 0. The van der Waals surface area contributed by atoms with Crippen molar-refractivity contribution in [1.82, 2.24) is 4.90 Å². The Bertz CT molecular complexity index is 561. The number of amides is 1. The van der Waals surface area contributed by atoms with Crippen LogP contribution in [0.1, 0.15) is 30.5 Å². The second kappa shape index (κ2) is 6.22. The van der Waals surface area contributed by atoms with Gasteiger partial charge in [-0.2, -0.15) is 0 Å². The summed E-state index contributed by atoms with van der Waals surface area (Å²) in [5, 5.41) is 9.35. The van der Waals surface area contributed by atoms with Crippen LogP contribution in [0.4, 0.5) is 4.39 Å². The molecular weight excluding hydrogens is 277 g/mol. The van der Waals surface area contributed by atoms with Gasteiger partial charge in [0.15, 0.2) is 6.10 Å². The second-order valence-corrected chi connectivity index (χ2v) is 5.10. The van der Waals surface area contributed by atoms with Crippen LogP contribution in [0.15, 0.2) is 18.2 Å². The first-order valence-electron chi connectivity index (χ1n) is 6.85. The number of aryl methyl sites for hydroxylation is 1. The molecule has 1 N–H and O–H groups in total. The predicted molar refractivity (Wildman–Crippen MR) is 73.3 cm³/mol. The zero-order chi connectivity index (χ0) is 15.6. The maximum atomic E-state index is 13.3. The van der Waals surface area contributed by atoms with Gasteiger partial charge in [-0.3, -0.25) is 4.79 Å². The molecule has 0 bridgehead atoms. The predicted octanol–water partition coefficient (Wildman–Crippen LogP) is 1.90. The monoisotopic (exact) mass is 295 g/mol. The van der Waals surface area contributed by atoms with Gasteiger partial charge in [0.2, 0.25) is 5.91 Å². The maximum absolute atomic E-state index is 13.3. The van der Waals surface area contributed by atoms with Gasteiger partial charge in [-0.15, -0.1) is 0 Å². The number of carbonyl (C=O) groups excluding carboxylic acids is 1. The van der Waals surface area contributed by atoms with Crippen LogP contribution in [-0.4, -0.2) is 41.1 Å². The number of hydrogen-bond donors (Lipinski definition) is 1. The fourth-order valence-corrected chi connectivity index (χ4v) is 2.67. The fourth-order valence-electron chi connectivity index (χ4n) is 2.67. The first-order chi connectivity index (χ1) is 9.95. The third-order valence-electron chi connectivity index (χ3n) is 3.59. The molecule has 6 heteroatoms. The van der Waals surface area contributed by atoms with Crippen molar-refractivity contribution in [1.29, 1.82) is 0 Å². The van der Waals surface area contributed by atoms with E-state index >= 15 is 0 Å². The third-order valence-corrected chi connectivity index (χ3v) is 3.59. The molecule has 2 unspecified atom stereocenters. The van der Waals surface area contributed by atoms with Gasteiger partial charge in [-0.1, -0.05) is 13.0 Å². The highest BCUT2D eigenvalue weighted by atomic mass is 19.1. The molecular formula is C15H18FNO4. The Morgan fingerprint density at radius 2 is 2.24 bits per heavy atom. The lowest BCUT2D eigenvalue weighted by Crippen LogP contribution is -2.52. The number of hydrogen-bond acceptors (Lipinski definition) is 3. The molecule has 1 fully saturated rings. The molecule has 5 nitrogen and oxygen atoms in total. The van der Waals surface area contributed by atoms with Crippen LogP contribution in [0.25, 0.3) is 0 Å². The van der Waals surface area contributed by atoms with Crippen molar-refractivity contribution >= 4 is 11.9 Å². The second-order valence-electron chi connectivity index (χ2n) is 5.10. The molecule has 1 heterocycles. The minimum atomic E-state index is -1.14. The average molecular weight is 295 g/mol. The summed E-state index contributed by atoms with van der Waals surface area (Å²) in [4.78, 5) is 25.0. The SMILES string of the molecule is CCCN1C(=O)COC(C(=O)O)C1c1ccc(F)cc1C. The topological polar surface area (TPSA) is 66.8 Å². The van der Waals surface area contributed by atoms with Gasteiger partial charge in [-0.25, -0.2) is 9.18 Å². The summed E-state index contributed by atoms with van der Waals surface area (Å²) in [6.45, 7) is 3.80. The van der Waals surface area contributed by atoms with E-state index in [0.717, 1.165) is 0 Å². The molecule has 1 saturated heterocycles. The number of carboxylic acid groups (broad SMARTS) is 1. The standard InChI is InChI=1S/C15H18FNO4/c1-3-6-17-12(18)8-21-14(15(19)20)13(17)11-5-4-10(16)7-9(11)2/h4-5,7,13-14H,3,6,8H2,1-2H3,(H,19,20). The molecule has 0 radical (unpaired) electrons. The van der Waals surface area contributed by atoms with Crippen LogP contribution >= 0.6 is 0 Å². The molecule has 2 atom stereocenters. The van der Waals surface area contributed by atoms with E-state index in [1.54, 1.807) is 6.92 Å². The number of carbonyl (C=O) groups is 2. The van der Waals surface area contributed by atoms with Crippen LogP contribution in [0.5, 0.6) is 0 Å². The maximum Gasteiger partial charge on any atom is 0.335 e. The number of aliphatic carboxylic acids is 1. The molecule has 1 aliphatic rings. The zero-order valence-corrected chi connectivity index (χ0v) is 12.0. The Morgan fingerprint density at radius 1 is 1.52 bits per heavy atom. The van der Waals surface area contributed by atoms with E-state index in [0.29, 0.717) is 24.1 Å². The Morgan fingerprint density at radius 3 is 2.81 bits per heavy atom. The summed E-state index contributed by atoms with van der Waals surface area (Å²) in [5.74, 6) is -1.77. The molecule has 1 aromatic rings. The van der Waals surface area contributed by atoms with Gasteiger partial charge in [0, 0.05) is 6.54 Å². The summed E-state index contributed by atoms with van der Waals surface area (Å²) in [6.07, 6.45) is -0.437. The highest BCUT2D eigenvalue weighted by Crippen LogP contribution is 2.32. The molecule has 2 rings (SSSR count). The van der Waals surface area contributed by atoms with Crippen LogP contribution in [0, 0.1) is 12.7 Å². The Balaban J connectivity index is 2.48. The fraction of sp³-hybridized carbons (Fsp3) is 0.467. The molecule has 0 saturated carbocycles. The number of carboxylic acids is 1. The van der Waals surface area contributed by atoms with Gasteiger partial charge in [-0.05, 0) is 36.6 Å². The van der Waals surface area contributed by atoms with Crippen molar-refractivity contribution in [3.05, 3.63) is 35.1 Å². The summed E-state index contributed by atoms with van der Waals surface area (Å²) in [6, 6.07) is 3.39. The van der Waals surface area contributed by atoms with Gasteiger partial charge >= 0.3 is 5.97 Å². The summed E-state index contributed by atoms with van der Waals surface area (Å²) in [5.41, 5.74) is 1.20. The third kappa shape index (κ3) is 3.05. The van der Waals surface area contributed by atoms with Crippen LogP contribution in [0.3, 0.4) is 0 Å². The highest BCUT2D eigenvalue weighted by Gasteiger charge is 2.42. The van der Waals surface area contributed by atoms with Crippen LogP contribution in [0.2, 0.25) is 0 Å². The normalized spacial score (nSPS) is 22.4. The van der Waals surface area contributed by atoms with Crippen molar-refractivity contribution in [2.24, 2.45) is 0 Å². The zero-order valence-electron chi connectivity index (χ0n) is 12.0. The highest BCUT2D eigenvalue weighted by molar-refractivity contribution is 5.83. The van der Waals surface area contributed by atoms with E-state index < -0.39 is 23.9 Å². The molecule has 21 heavy (non-hydrogen) atoms. The quantitative estimate of drug-likeness (QED) is 0.921. The smallest absolute Gasteiger partial charge is 0.335 e. The summed E-state index contributed by atoms with van der Waals surface area (Å²) in [7, 11) is 0. The molecule has 0 aromatic heterocycles. The van der Waals surface area contributed by atoms with Gasteiger partial charge in [0.1, 0.15) is 12.4 Å². The molecule has 0 spiro atoms. The van der Waals surface area contributed by atoms with Crippen molar-refractivity contribution in [3.8, 4) is 0 Å². The molecule has 1 amide bonds. The lowest BCUT2D eigenvalue weighted by molar-refractivity contribution is -0.173. The Hall–Kier alpha value is -1.95. The lowest BCUT2D eigenvalue weighted by atomic mass is 9.93. The van der Waals surface area contributed by atoms with Crippen LogP contribution < -0.4 is 0 Å². The van der Waals surface area contributed by atoms with E-state index in [9.17, 15) is 19.1 Å². The van der Waals surface area contributed by atoms with Gasteiger partial charge < -0.3 is 14.7 Å². The van der Waals surface area contributed by atoms with E-state index in [1.807, 2.05) is 6.92 Å². The molecule has 114 valence electrons. The van der Waals surface area contributed by atoms with Crippen LogP contribution in [-0.2, 0) is 14.3 Å². The first kappa shape index (κ1) is 15.4. The van der Waals surface area contributed by atoms with E-state index in [2.05, 4.69) is 0 Å². The number of benzene rings is 1. The molecule has 1 aliphatic heterocycles. The number of rotatable bonds is 4. The number of ether oxygens (including phenoxy) is 1. The minimum absolute atomic E-state index is 0.242. The number of halogens is 1. The number of morpholine rings is 1. The minimum Gasteiger partial charge on any atom is -0.479 e. The van der Waals surface area contributed by atoms with Gasteiger partial charge in [0.05, 0.1) is 6.04 Å². The largest absolute Gasteiger partial charge is 0.479 e. The molecule has 0 aliphatic carbocycles. The first-order valence-corrected chi connectivity index (χ1v) is 6.85. The number of nitrogens with zero attached hydrogens (tertiary/aromatic N) is 1. The van der Waals surface area contributed by atoms with Crippen molar-refractivity contribution in [2.75, 3.05) is 13.2 Å². The Labute approximate surface area is 122 Å². The van der Waals surface area contributed by atoms with E-state index in [-0.39, 0.29) is 12.5 Å².